The highest BCUT2D eigenvalue weighted by Crippen LogP contribution is 2.35. The van der Waals surface area contributed by atoms with Gasteiger partial charge < -0.3 is 19.2 Å². The van der Waals surface area contributed by atoms with Crippen LogP contribution in [-0.4, -0.2) is 31.7 Å². The normalized spacial score (nSPS) is 13.1. The summed E-state index contributed by atoms with van der Waals surface area (Å²) in [7, 11) is 3.25. The summed E-state index contributed by atoms with van der Waals surface area (Å²) in [4.78, 5) is 15.9. The Morgan fingerprint density at radius 1 is 1.00 bits per heavy atom. The molecule has 1 N–H and O–H groups in total. The second-order valence-corrected chi connectivity index (χ2v) is 7.53. The van der Waals surface area contributed by atoms with E-state index in [1.54, 1.807) is 0 Å². The van der Waals surface area contributed by atoms with Crippen LogP contribution in [0.25, 0.3) is 10.8 Å². The third-order valence-corrected chi connectivity index (χ3v) is 5.45. The fourth-order valence-electron chi connectivity index (χ4n) is 3.88. The first-order valence-electron chi connectivity index (χ1n) is 10.5. The van der Waals surface area contributed by atoms with Crippen LogP contribution >= 0.6 is 0 Å². The molecule has 0 bridgehead atoms. The molecular weight excluding hydrogens is 404 g/mol. The first-order valence-corrected chi connectivity index (χ1v) is 10.5. The van der Waals surface area contributed by atoms with Crippen LogP contribution in [0.5, 0.6) is 0 Å². The average Bonchev–Trinajstić information content (AvgIpc) is 3.32. The number of hydrogen-bond donors (Lipinski definition) is 1. The highest BCUT2D eigenvalue weighted by molar-refractivity contribution is 5.86. The Labute approximate surface area is 187 Å². The molecule has 0 spiro atoms. The van der Waals surface area contributed by atoms with Crippen LogP contribution in [-0.2, 0) is 16.1 Å². The van der Waals surface area contributed by atoms with Crippen molar-refractivity contribution in [3.63, 3.8) is 0 Å². The van der Waals surface area contributed by atoms with Gasteiger partial charge in [0.05, 0.1) is 13.2 Å². The Morgan fingerprint density at radius 2 is 1.75 bits per heavy atom. The number of rotatable bonds is 9. The lowest BCUT2D eigenvalue weighted by molar-refractivity contribution is 0.00986. The van der Waals surface area contributed by atoms with Crippen molar-refractivity contribution in [2.45, 2.75) is 18.6 Å². The van der Waals surface area contributed by atoms with Crippen LogP contribution in [0.15, 0.2) is 83.5 Å². The molecule has 0 aliphatic rings. The van der Waals surface area contributed by atoms with E-state index in [1.165, 1.54) is 29.7 Å². The van der Waals surface area contributed by atoms with Crippen molar-refractivity contribution < 1.29 is 18.7 Å². The number of carbonyl (C=O) groups is 1. The minimum absolute atomic E-state index is 0.0436. The summed E-state index contributed by atoms with van der Waals surface area (Å²) >= 11 is 0. The van der Waals surface area contributed by atoms with Crippen LogP contribution in [0.2, 0.25) is 0 Å². The number of carbonyl (C=O) groups excluding carboxylic acids is 1. The molecule has 0 fully saturated rings. The van der Waals surface area contributed by atoms with Crippen molar-refractivity contribution in [2.24, 2.45) is 0 Å². The standard InChI is InChI=1S/C26H26N2O4/c1-27-15-22(21-13-12-18-8-6-7-11-20(18)14-21)25(19-9-4-3-5-10-19)32-17-24-28-23(16-31-24)26(29)30-2/h3-14,16,22,25,27H,15,17H2,1-2H3/t22-,25-/m1/s1. The molecule has 1 heterocycles. The number of likely N-dealkylation sites (N-methyl/N-ethyl adjacent to an activating group) is 1. The zero-order chi connectivity index (χ0) is 22.3. The molecule has 4 aromatic rings. The van der Waals surface area contributed by atoms with E-state index in [4.69, 9.17) is 13.9 Å². The molecule has 6 nitrogen and oxygen atoms in total. The highest BCUT2D eigenvalue weighted by Gasteiger charge is 2.26. The summed E-state index contributed by atoms with van der Waals surface area (Å²) in [6.45, 7) is 0.848. The zero-order valence-corrected chi connectivity index (χ0v) is 18.2. The Hall–Kier alpha value is -3.48. The molecule has 0 amide bonds. The molecule has 0 aliphatic carbocycles. The minimum Gasteiger partial charge on any atom is -0.464 e. The lowest BCUT2D eigenvalue weighted by Crippen LogP contribution is -2.25. The number of aromatic nitrogens is 1. The van der Waals surface area contributed by atoms with Gasteiger partial charge in [-0.3, -0.25) is 0 Å². The second kappa shape index (κ2) is 10.2. The van der Waals surface area contributed by atoms with E-state index in [1.807, 2.05) is 37.4 Å². The van der Waals surface area contributed by atoms with E-state index in [-0.39, 0.29) is 24.3 Å². The maximum absolute atomic E-state index is 11.7. The number of benzene rings is 3. The number of oxazole rings is 1. The zero-order valence-electron chi connectivity index (χ0n) is 18.2. The highest BCUT2D eigenvalue weighted by atomic mass is 16.5. The van der Waals surface area contributed by atoms with Gasteiger partial charge in [0, 0.05) is 12.5 Å². The van der Waals surface area contributed by atoms with Crippen molar-refractivity contribution in [3.05, 3.63) is 102 Å². The van der Waals surface area contributed by atoms with Gasteiger partial charge in [0.25, 0.3) is 0 Å². The molecule has 4 rings (SSSR count). The SMILES string of the molecule is CNC[C@H](c1ccc2ccccc2c1)[C@H](OCc1nc(C(=O)OC)co1)c1ccccc1. The molecule has 2 atom stereocenters. The van der Waals surface area contributed by atoms with E-state index in [0.29, 0.717) is 5.89 Å². The number of nitrogens with zero attached hydrogens (tertiary/aromatic N) is 1. The number of hydrogen-bond acceptors (Lipinski definition) is 6. The van der Waals surface area contributed by atoms with Crippen LogP contribution in [0, 0.1) is 0 Å². The predicted octanol–water partition coefficient (Wildman–Crippen LogP) is 4.88. The molecule has 0 saturated heterocycles. The first kappa shape index (κ1) is 21.7. The van der Waals surface area contributed by atoms with Crippen LogP contribution in [0.4, 0.5) is 0 Å². The molecule has 1 aromatic heterocycles. The minimum atomic E-state index is -0.538. The van der Waals surface area contributed by atoms with Gasteiger partial charge in [0.2, 0.25) is 5.89 Å². The summed E-state index contributed by atoms with van der Waals surface area (Å²) < 4.78 is 16.5. The number of nitrogens with one attached hydrogen (secondary N) is 1. The predicted molar refractivity (Wildman–Crippen MR) is 122 cm³/mol. The van der Waals surface area contributed by atoms with Gasteiger partial charge in [0.1, 0.15) is 12.9 Å². The third-order valence-electron chi connectivity index (χ3n) is 5.45. The van der Waals surface area contributed by atoms with Gasteiger partial charge in [-0.15, -0.1) is 0 Å². The topological polar surface area (TPSA) is 73.6 Å². The van der Waals surface area contributed by atoms with Crippen LogP contribution in [0.1, 0.15) is 39.5 Å². The summed E-state index contributed by atoms with van der Waals surface area (Å²) in [6, 6.07) is 25.0. The third kappa shape index (κ3) is 4.88. The molecule has 0 unspecified atom stereocenters. The van der Waals surface area contributed by atoms with E-state index >= 15 is 0 Å². The molecule has 164 valence electrons. The summed E-state index contributed by atoms with van der Waals surface area (Å²) in [5.41, 5.74) is 2.36. The molecule has 0 aliphatic heterocycles. The number of esters is 1. The summed E-state index contributed by atoms with van der Waals surface area (Å²) in [5.74, 6) is -0.168. The fourth-order valence-corrected chi connectivity index (χ4v) is 3.88. The number of methoxy groups -OCH3 is 1. The van der Waals surface area contributed by atoms with Crippen molar-refractivity contribution in [3.8, 4) is 0 Å². The molecule has 0 radical (unpaired) electrons. The lowest BCUT2D eigenvalue weighted by Gasteiger charge is -2.28. The van der Waals surface area contributed by atoms with E-state index < -0.39 is 5.97 Å². The number of ether oxygens (including phenoxy) is 2. The summed E-state index contributed by atoms with van der Waals surface area (Å²) in [6.07, 6.45) is 1.04. The van der Waals surface area contributed by atoms with Gasteiger partial charge in [-0.1, -0.05) is 72.8 Å². The Balaban J connectivity index is 1.65. The van der Waals surface area contributed by atoms with Crippen molar-refractivity contribution in [2.75, 3.05) is 20.7 Å². The smallest absolute Gasteiger partial charge is 0.360 e. The van der Waals surface area contributed by atoms with Crippen molar-refractivity contribution in [1.29, 1.82) is 0 Å². The van der Waals surface area contributed by atoms with Crippen LogP contribution < -0.4 is 5.32 Å². The molecule has 0 saturated carbocycles. The lowest BCUT2D eigenvalue weighted by atomic mass is 9.87. The fraction of sp³-hybridized carbons (Fsp3) is 0.231. The Kier molecular flexibility index (Phi) is 6.94. The van der Waals surface area contributed by atoms with Gasteiger partial charge in [-0.2, -0.15) is 0 Å². The van der Waals surface area contributed by atoms with E-state index in [0.717, 1.165) is 12.1 Å². The van der Waals surface area contributed by atoms with Crippen molar-refractivity contribution in [1.82, 2.24) is 10.3 Å². The maximum atomic E-state index is 11.7. The van der Waals surface area contributed by atoms with E-state index in [2.05, 4.69) is 52.8 Å². The van der Waals surface area contributed by atoms with Gasteiger partial charge in [-0.05, 0) is 28.9 Å². The van der Waals surface area contributed by atoms with Gasteiger partial charge in [-0.25, -0.2) is 9.78 Å². The Bertz CT molecular complexity index is 1170. The molecule has 32 heavy (non-hydrogen) atoms. The molecular formula is C26H26N2O4. The second-order valence-electron chi connectivity index (χ2n) is 7.53. The average molecular weight is 431 g/mol. The first-order chi connectivity index (χ1) is 15.7. The molecule has 3 aromatic carbocycles. The van der Waals surface area contributed by atoms with E-state index in [9.17, 15) is 4.79 Å². The number of fused-ring (bicyclic) bond motifs is 1. The van der Waals surface area contributed by atoms with Gasteiger partial charge in [0.15, 0.2) is 5.69 Å². The Morgan fingerprint density at radius 3 is 2.50 bits per heavy atom. The molecule has 6 heteroatoms. The maximum Gasteiger partial charge on any atom is 0.360 e. The summed E-state index contributed by atoms with van der Waals surface area (Å²) in [5, 5.41) is 5.70. The van der Waals surface area contributed by atoms with Crippen molar-refractivity contribution >= 4 is 16.7 Å². The quantitative estimate of drug-likeness (QED) is 0.382. The largest absolute Gasteiger partial charge is 0.464 e. The monoisotopic (exact) mass is 430 g/mol. The van der Waals surface area contributed by atoms with Crippen LogP contribution in [0.3, 0.4) is 0 Å². The van der Waals surface area contributed by atoms with Gasteiger partial charge >= 0.3 is 5.97 Å².